The average Bonchev–Trinajstić information content (AvgIpc) is 2.92. The number of hydrogen-bond donors (Lipinski definition) is 2. The standard InChI is InChI=1S/C21H31N3O4/c1-5-7-8-15(6-2)13-22-18(25)14-24-19(26)21(3,23-20(24)27)16-9-11-17(28-4)12-10-16/h9-12,15H,5-8,13-14H2,1-4H3,(H,22,25)(H,23,27)/t15-,21+/m0/s1. The molecule has 7 nitrogen and oxygen atoms in total. The predicted octanol–water partition coefficient (Wildman–Crippen LogP) is 2.79. The lowest BCUT2D eigenvalue weighted by molar-refractivity contribution is -0.134. The van der Waals surface area contributed by atoms with Crippen molar-refractivity contribution < 1.29 is 19.1 Å². The molecule has 0 spiro atoms. The minimum absolute atomic E-state index is 0.277. The van der Waals surface area contributed by atoms with Crippen LogP contribution in [0.5, 0.6) is 5.75 Å². The Hall–Kier alpha value is -2.57. The molecule has 0 radical (unpaired) electrons. The fraction of sp³-hybridized carbons (Fsp3) is 0.571. The summed E-state index contributed by atoms with van der Waals surface area (Å²) in [4.78, 5) is 38.5. The van der Waals surface area contributed by atoms with Gasteiger partial charge in [-0.15, -0.1) is 0 Å². The highest BCUT2D eigenvalue weighted by Crippen LogP contribution is 2.29. The van der Waals surface area contributed by atoms with Crippen LogP contribution >= 0.6 is 0 Å². The van der Waals surface area contributed by atoms with E-state index < -0.39 is 17.5 Å². The minimum Gasteiger partial charge on any atom is -0.497 e. The lowest BCUT2D eigenvalue weighted by atomic mass is 9.92. The molecule has 1 fully saturated rings. The van der Waals surface area contributed by atoms with Gasteiger partial charge in [-0.25, -0.2) is 4.79 Å². The molecule has 0 unspecified atom stereocenters. The molecule has 0 aromatic heterocycles. The highest BCUT2D eigenvalue weighted by Gasteiger charge is 2.49. The van der Waals surface area contributed by atoms with Crippen molar-refractivity contribution in [2.75, 3.05) is 20.2 Å². The van der Waals surface area contributed by atoms with Crippen LogP contribution in [0.1, 0.15) is 52.0 Å². The number of nitrogens with zero attached hydrogens (tertiary/aromatic N) is 1. The summed E-state index contributed by atoms with van der Waals surface area (Å²) in [5, 5.41) is 5.57. The van der Waals surface area contributed by atoms with Crippen molar-refractivity contribution >= 4 is 17.8 Å². The smallest absolute Gasteiger partial charge is 0.325 e. The zero-order chi connectivity index (χ0) is 20.7. The van der Waals surface area contributed by atoms with Gasteiger partial charge in [0.2, 0.25) is 5.91 Å². The third-order valence-electron chi connectivity index (χ3n) is 5.38. The Morgan fingerprint density at radius 3 is 2.50 bits per heavy atom. The van der Waals surface area contributed by atoms with Gasteiger partial charge in [0.25, 0.3) is 5.91 Å². The van der Waals surface area contributed by atoms with E-state index in [9.17, 15) is 14.4 Å². The molecule has 1 aromatic rings. The zero-order valence-electron chi connectivity index (χ0n) is 17.2. The molecule has 1 heterocycles. The molecule has 28 heavy (non-hydrogen) atoms. The van der Waals surface area contributed by atoms with Crippen molar-refractivity contribution in [3.63, 3.8) is 0 Å². The van der Waals surface area contributed by atoms with Gasteiger partial charge < -0.3 is 15.4 Å². The van der Waals surface area contributed by atoms with Crippen molar-refractivity contribution in [3.05, 3.63) is 29.8 Å². The number of carbonyl (C=O) groups is 3. The third-order valence-corrected chi connectivity index (χ3v) is 5.38. The van der Waals surface area contributed by atoms with Crippen LogP contribution in [-0.4, -0.2) is 42.9 Å². The van der Waals surface area contributed by atoms with Crippen LogP contribution in [0.3, 0.4) is 0 Å². The number of carbonyl (C=O) groups excluding carboxylic acids is 3. The highest BCUT2D eigenvalue weighted by molar-refractivity contribution is 6.09. The first-order chi connectivity index (χ1) is 13.3. The second-order valence-corrected chi connectivity index (χ2v) is 7.40. The number of benzene rings is 1. The van der Waals surface area contributed by atoms with Crippen LogP contribution in [0.15, 0.2) is 24.3 Å². The fourth-order valence-corrected chi connectivity index (χ4v) is 3.36. The van der Waals surface area contributed by atoms with E-state index in [0.29, 0.717) is 23.8 Å². The van der Waals surface area contributed by atoms with Gasteiger partial charge in [0.05, 0.1) is 7.11 Å². The molecule has 7 heteroatoms. The zero-order valence-corrected chi connectivity index (χ0v) is 17.2. The lowest BCUT2D eigenvalue weighted by Gasteiger charge is -2.22. The number of ether oxygens (including phenoxy) is 1. The van der Waals surface area contributed by atoms with Gasteiger partial charge in [-0.1, -0.05) is 45.2 Å². The largest absolute Gasteiger partial charge is 0.497 e. The van der Waals surface area contributed by atoms with E-state index in [-0.39, 0.29) is 12.5 Å². The molecule has 1 aliphatic rings. The number of imide groups is 1. The third kappa shape index (κ3) is 4.82. The number of rotatable bonds is 10. The van der Waals surface area contributed by atoms with Crippen molar-refractivity contribution in [3.8, 4) is 5.75 Å². The summed E-state index contributed by atoms with van der Waals surface area (Å²) >= 11 is 0. The molecular formula is C21H31N3O4. The van der Waals surface area contributed by atoms with Crippen molar-refractivity contribution in [2.45, 2.75) is 52.0 Å². The SMILES string of the molecule is CCCC[C@H](CC)CNC(=O)CN1C(=O)N[C@](C)(c2ccc(OC)cc2)C1=O. The number of urea groups is 1. The summed E-state index contributed by atoms with van der Waals surface area (Å²) < 4.78 is 5.13. The summed E-state index contributed by atoms with van der Waals surface area (Å²) in [6.07, 6.45) is 4.29. The summed E-state index contributed by atoms with van der Waals surface area (Å²) in [5.74, 6) is 0.318. The van der Waals surface area contributed by atoms with Crippen LogP contribution in [-0.2, 0) is 15.1 Å². The maximum atomic E-state index is 12.9. The highest BCUT2D eigenvalue weighted by atomic mass is 16.5. The van der Waals surface area contributed by atoms with E-state index in [1.165, 1.54) is 0 Å². The molecule has 2 N–H and O–H groups in total. The summed E-state index contributed by atoms with van der Waals surface area (Å²) in [6.45, 7) is 6.17. The molecule has 154 valence electrons. The molecule has 4 amide bonds. The summed E-state index contributed by atoms with van der Waals surface area (Å²) in [7, 11) is 1.56. The summed E-state index contributed by atoms with van der Waals surface area (Å²) in [6, 6.07) is 6.38. The average molecular weight is 389 g/mol. The van der Waals surface area contributed by atoms with Crippen LogP contribution in [0.25, 0.3) is 0 Å². The molecule has 1 aliphatic heterocycles. The number of methoxy groups -OCH3 is 1. The van der Waals surface area contributed by atoms with Crippen molar-refractivity contribution in [1.29, 1.82) is 0 Å². The van der Waals surface area contributed by atoms with Crippen molar-refractivity contribution in [2.24, 2.45) is 5.92 Å². The quantitative estimate of drug-likeness (QED) is 0.603. The topological polar surface area (TPSA) is 87.7 Å². The maximum Gasteiger partial charge on any atom is 0.325 e. The van der Waals surface area contributed by atoms with E-state index in [0.717, 1.165) is 30.6 Å². The number of amides is 4. The Labute approximate surface area is 166 Å². The van der Waals surface area contributed by atoms with Gasteiger partial charge in [0, 0.05) is 6.54 Å². The number of hydrogen-bond acceptors (Lipinski definition) is 4. The molecule has 2 atom stereocenters. The predicted molar refractivity (Wildman–Crippen MR) is 107 cm³/mol. The Kier molecular flexibility index (Phi) is 7.43. The van der Waals surface area contributed by atoms with E-state index in [2.05, 4.69) is 24.5 Å². The molecule has 0 aliphatic carbocycles. The van der Waals surface area contributed by atoms with Crippen LogP contribution < -0.4 is 15.4 Å². The first-order valence-corrected chi connectivity index (χ1v) is 9.91. The molecule has 0 bridgehead atoms. The van der Waals surface area contributed by atoms with Crippen LogP contribution in [0.4, 0.5) is 4.79 Å². The maximum absolute atomic E-state index is 12.9. The Morgan fingerprint density at radius 2 is 1.93 bits per heavy atom. The second kappa shape index (κ2) is 9.57. The first-order valence-electron chi connectivity index (χ1n) is 9.91. The van der Waals surface area contributed by atoms with E-state index in [1.54, 1.807) is 38.3 Å². The first kappa shape index (κ1) is 21.7. The Morgan fingerprint density at radius 1 is 1.25 bits per heavy atom. The van der Waals surface area contributed by atoms with E-state index >= 15 is 0 Å². The normalized spacial score (nSPS) is 20.1. The van der Waals surface area contributed by atoms with Gasteiger partial charge in [-0.3, -0.25) is 14.5 Å². The Balaban J connectivity index is 1.99. The van der Waals surface area contributed by atoms with Crippen molar-refractivity contribution in [1.82, 2.24) is 15.5 Å². The van der Waals surface area contributed by atoms with Crippen LogP contribution in [0.2, 0.25) is 0 Å². The molecule has 1 aromatic carbocycles. The summed E-state index contributed by atoms with van der Waals surface area (Å²) in [5.41, 5.74) is -0.559. The molecular weight excluding hydrogens is 358 g/mol. The lowest BCUT2D eigenvalue weighted by Crippen LogP contribution is -2.44. The van der Waals surface area contributed by atoms with Crippen LogP contribution in [0, 0.1) is 5.92 Å². The van der Waals surface area contributed by atoms with Gasteiger partial charge in [0.15, 0.2) is 0 Å². The van der Waals surface area contributed by atoms with E-state index in [4.69, 9.17) is 4.74 Å². The minimum atomic E-state index is -1.20. The Bertz CT molecular complexity index is 704. The molecule has 0 saturated carbocycles. The monoisotopic (exact) mass is 389 g/mol. The molecule has 2 rings (SSSR count). The number of unbranched alkanes of at least 4 members (excludes halogenated alkanes) is 1. The fourth-order valence-electron chi connectivity index (χ4n) is 3.36. The number of nitrogens with one attached hydrogen (secondary N) is 2. The van der Waals surface area contributed by atoms with Gasteiger partial charge in [-0.2, -0.15) is 0 Å². The second-order valence-electron chi connectivity index (χ2n) is 7.40. The van der Waals surface area contributed by atoms with Gasteiger partial charge >= 0.3 is 6.03 Å². The van der Waals surface area contributed by atoms with E-state index in [1.807, 2.05) is 0 Å². The molecule has 1 saturated heterocycles. The van der Waals surface area contributed by atoms with Gasteiger partial charge in [0.1, 0.15) is 17.8 Å². The van der Waals surface area contributed by atoms with Gasteiger partial charge in [-0.05, 0) is 37.0 Å².